The molecular formula is C15H19N3O. The molecule has 2 N–H and O–H groups in total. The topological polar surface area (TPSA) is 46.2 Å². The van der Waals surface area contributed by atoms with Crippen LogP contribution in [0, 0.1) is 0 Å². The zero-order chi connectivity index (χ0) is 13.5. The number of benzene rings is 1. The highest BCUT2D eigenvalue weighted by Crippen LogP contribution is 2.27. The molecule has 0 unspecified atom stereocenters. The molecule has 0 bridgehead atoms. The molecule has 0 amide bonds. The first-order valence-corrected chi connectivity index (χ1v) is 6.43. The van der Waals surface area contributed by atoms with Gasteiger partial charge in [0.2, 0.25) is 0 Å². The van der Waals surface area contributed by atoms with E-state index in [0.717, 1.165) is 35.9 Å². The van der Waals surface area contributed by atoms with Crippen LogP contribution in [0.25, 0.3) is 0 Å². The Bertz CT molecular complexity index is 528. The number of pyridine rings is 1. The second-order valence-corrected chi connectivity index (χ2v) is 4.18. The molecule has 1 aromatic heterocycles. The fourth-order valence-corrected chi connectivity index (χ4v) is 1.76. The minimum Gasteiger partial charge on any atom is -0.495 e. The van der Waals surface area contributed by atoms with Crippen LogP contribution in [-0.2, 0) is 0 Å². The lowest BCUT2D eigenvalue weighted by molar-refractivity contribution is 0.417. The molecule has 19 heavy (non-hydrogen) atoms. The van der Waals surface area contributed by atoms with Crippen LogP contribution in [0.2, 0.25) is 0 Å². The number of methoxy groups -OCH3 is 1. The molecule has 2 rings (SSSR count). The molecule has 0 aliphatic carbocycles. The predicted molar refractivity (Wildman–Crippen MR) is 79.3 cm³/mol. The van der Waals surface area contributed by atoms with Gasteiger partial charge in [0.15, 0.2) is 0 Å². The molecule has 0 radical (unpaired) electrons. The first kappa shape index (κ1) is 13.2. The third-order valence-corrected chi connectivity index (χ3v) is 2.70. The van der Waals surface area contributed by atoms with Gasteiger partial charge in [-0.1, -0.05) is 19.1 Å². The summed E-state index contributed by atoms with van der Waals surface area (Å²) in [6.45, 7) is 3.05. The normalized spacial score (nSPS) is 10.0. The van der Waals surface area contributed by atoms with Crippen LogP contribution >= 0.6 is 0 Å². The number of ether oxygens (including phenoxy) is 1. The van der Waals surface area contributed by atoms with Crippen LogP contribution in [0.1, 0.15) is 13.3 Å². The average Bonchev–Trinajstić information content (AvgIpc) is 2.46. The largest absolute Gasteiger partial charge is 0.495 e. The van der Waals surface area contributed by atoms with Crippen molar-refractivity contribution < 1.29 is 4.74 Å². The Labute approximate surface area is 113 Å². The van der Waals surface area contributed by atoms with Gasteiger partial charge in [0.05, 0.1) is 12.8 Å². The van der Waals surface area contributed by atoms with Gasteiger partial charge in [0.25, 0.3) is 0 Å². The van der Waals surface area contributed by atoms with E-state index in [1.807, 2.05) is 36.4 Å². The fourth-order valence-electron chi connectivity index (χ4n) is 1.76. The number of nitrogens with one attached hydrogen (secondary N) is 2. The first-order valence-electron chi connectivity index (χ1n) is 6.43. The Kier molecular flexibility index (Phi) is 4.61. The van der Waals surface area contributed by atoms with E-state index in [-0.39, 0.29) is 0 Å². The number of hydrogen-bond donors (Lipinski definition) is 2. The van der Waals surface area contributed by atoms with Crippen molar-refractivity contribution in [2.24, 2.45) is 0 Å². The van der Waals surface area contributed by atoms with E-state index in [9.17, 15) is 0 Å². The molecule has 0 saturated carbocycles. The molecule has 1 aromatic carbocycles. The lowest BCUT2D eigenvalue weighted by Gasteiger charge is -2.12. The highest BCUT2D eigenvalue weighted by atomic mass is 16.5. The molecule has 0 atom stereocenters. The molecule has 0 spiro atoms. The molecule has 1 heterocycles. The zero-order valence-corrected chi connectivity index (χ0v) is 11.3. The Hall–Kier alpha value is -2.23. The van der Waals surface area contributed by atoms with Gasteiger partial charge in [-0.05, 0) is 24.6 Å². The standard InChI is InChI=1S/C15H19N3O/c1-3-9-16-15-11-12(8-10-17-15)18-13-6-4-5-7-14(13)19-2/h4-8,10-11H,3,9H2,1-2H3,(H2,16,17,18). The van der Waals surface area contributed by atoms with Gasteiger partial charge in [-0.25, -0.2) is 4.98 Å². The first-order chi connectivity index (χ1) is 9.33. The van der Waals surface area contributed by atoms with Gasteiger partial charge in [-0.15, -0.1) is 0 Å². The Balaban J connectivity index is 2.14. The Morgan fingerprint density at radius 2 is 2.05 bits per heavy atom. The summed E-state index contributed by atoms with van der Waals surface area (Å²) in [5, 5.41) is 6.60. The summed E-state index contributed by atoms with van der Waals surface area (Å²) in [5.41, 5.74) is 1.93. The summed E-state index contributed by atoms with van der Waals surface area (Å²) < 4.78 is 5.32. The van der Waals surface area contributed by atoms with Crippen LogP contribution in [0.15, 0.2) is 42.6 Å². The summed E-state index contributed by atoms with van der Waals surface area (Å²) in [7, 11) is 1.67. The highest BCUT2D eigenvalue weighted by molar-refractivity contribution is 5.67. The SMILES string of the molecule is CCCNc1cc(Nc2ccccc2OC)ccn1. The van der Waals surface area contributed by atoms with Gasteiger partial charge in [-0.2, -0.15) is 0 Å². The number of nitrogens with zero attached hydrogens (tertiary/aromatic N) is 1. The van der Waals surface area contributed by atoms with Crippen LogP contribution in [0.3, 0.4) is 0 Å². The number of anilines is 3. The maximum Gasteiger partial charge on any atom is 0.142 e. The minimum atomic E-state index is 0.822. The van der Waals surface area contributed by atoms with Crippen molar-refractivity contribution in [2.45, 2.75) is 13.3 Å². The van der Waals surface area contributed by atoms with Crippen molar-refractivity contribution in [3.63, 3.8) is 0 Å². The summed E-state index contributed by atoms with van der Waals surface area (Å²) >= 11 is 0. The van der Waals surface area contributed by atoms with Gasteiger partial charge < -0.3 is 15.4 Å². The van der Waals surface area contributed by atoms with Crippen LogP contribution in [0.5, 0.6) is 5.75 Å². The van der Waals surface area contributed by atoms with Gasteiger partial charge in [0, 0.05) is 24.5 Å². The quantitative estimate of drug-likeness (QED) is 0.829. The monoisotopic (exact) mass is 257 g/mol. The lowest BCUT2D eigenvalue weighted by Crippen LogP contribution is -2.02. The van der Waals surface area contributed by atoms with Crippen molar-refractivity contribution >= 4 is 17.2 Å². The summed E-state index contributed by atoms with van der Waals surface area (Å²) in [5.74, 6) is 1.70. The van der Waals surface area contributed by atoms with Crippen molar-refractivity contribution in [1.82, 2.24) is 4.98 Å². The van der Waals surface area contributed by atoms with Crippen LogP contribution in [0.4, 0.5) is 17.2 Å². The number of aromatic nitrogens is 1. The number of para-hydroxylation sites is 2. The average molecular weight is 257 g/mol. The molecule has 0 aliphatic rings. The van der Waals surface area contributed by atoms with E-state index in [1.165, 1.54) is 0 Å². The third kappa shape index (κ3) is 3.61. The van der Waals surface area contributed by atoms with E-state index in [0.29, 0.717) is 0 Å². The van der Waals surface area contributed by atoms with Crippen molar-refractivity contribution in [3.05, 3.63) is 42.6 Å². The fraction of sp³-hybridized carbons (Fsp3) is 0.267. The van der Waals surface area contributed by atoms with Crippen LogP contribution < -0.4 is 15.4 Å². The smallest absolute Gasteiger partial charge is 0.142 e. The Morgan fingerprint density at radius 3 is 2.84 bits per heavy atom. The molecule has 100 valence electrons. The van der Waals surface area contributed by atoms with Crippen LogP contribution in [-0.4, -0.2) is 18.6 Å². The molecule has 4 heteroatoms. The molecule has 2 aromatic rings. The summed E-state index contributed by atoms with van der Waals surface area (Å²) in [6, 6.07) is 11.8. The molecule has 0 aliphatic heterocycles. The van der Waals surface area contributed by atoms with E-state index in [2.05, 4.69) is 22.5 Å². The molecular weight excluding hydrogens is 238 g/mol. The second kappa shape index (κ2) is 6.64. The highest BCUT2D eigenvalue weighted by Gasteiger charge is 2.02. The van der Waals surface area contributed by atoms with Gasteiger partial charge in [0.1, 0.15) is 11.6 Å². The van der Waals surface area contributed by atoms with E-state index >= 15 is 0 Å². The number of hydrogen-bond acceptors (Lipinski definition) is 4. The summed E-state index contributed by atoms with van der Waals surface area (Å²) in [4.78, 5) is 4.28. The maximum atomic E-state index is 5.32. The zero-order valence-electron chi connectivity index (χ0n) is 11.3. The minimum absolute atomic E-state index is 0.822. The molecule has 0 fully saturated rings. The van der Waals surface area contributed by atoms with Crippen molar-refractivity contribution in [1.29, 1.82) is 0 Å². The Morgan fingerprint density at radius 1 is 1.21 bits per heavy atom. The molecule has 0 saturated heterocycles. The second-order valence-electron chi connectivity index (χ2n) is 4.18. The van der Waals surface area contributed by atoms with Gasteiger partial charge in [-0.3, -0.25) is 0 Å². The van der Waals surface area contributed by atoms with E-state index in [4.69, 9.17) is 4.74 Å². The maximum absolute atomic E-state index is 5.32. The van der Waals surface area contributed by atoms with E-state index < -0.39 is 0 Å². The van der Waals surface area contributed by atoms with Crippen molar-refractivity contribution in [2.75, 3.05) is 24.3 Å². The molecule has 4 nitrogen and oxygen atoms in total. The summed E-state index contributed by atoms with van der Waals surface area (Å²) in [6.07, 6.45) is 2.86. The predicted octanol–water partition coefficient (Wildman–Crippen LogP) is 3.66. The number of rotatable bonds is 6. The van der Waals surface area contributed by atoms with Crippen molar-refractivity contribution in [3.8, 4) is 5.75 Å². The van der Waals surface area contributed by atoms with Gasteiger partial charge >= 0.3 is 0 Å². The third-order valence-electron chi connectivity index (χ3n) is 2.70. The van der Waals surface area contributed by atoms with E-state index in [1.54, 1.807) is 13.3 Å². The lowest BCUT2D eigenvalue weighted by atomic mass is 10.2.